The molecule has 0 unspecified atom stereocenters. The lowest BCUT2D eigenvalue weighted by Crippen LogP contribution is -2.37. The van der Waals surface area contributed by atoms with E-state index >= 15 is 0 Å². The van der Waals surface area contributed by atoms with Gasteiger partial charge in [0.05, 0.1) is 6.61 Å². The van der Waals surface area contributed by atoms with Crippen LogP contribution in [0.5, 0.6) is 0 Å². The summed E-state index contributed by atoms with van der Waals surface area (Å²) in [5, 5.41) is 8.98. The van der Waals surface area contributed by atoms with Crippen molar-refractivity contribution in [3.05, 3.63) is 12.2 Å². The fourth-order valence-electron chi connectivity index (χ4n) is 2.14. The topological polar surface area (TPSA) is 49.5 Å². The van der Waals surface area contributed by atoms with E-state index in [2.05, 4.69) is 11.5 Å². The summed E-state index contributed by atoms with van der Waals surface area (Å²) in [5.41, 5.74) is 6.59. The molecule has 0 atom stereocenters. The summed E-state index contributed by atoms with van der Waals surface area (Å²) in [6, 6.07) is 0.644. The number of nitrogens with two attached hydrogens (primary N) is 1. The highest BCUT2D eigenvalue weighted by Gasteiger charge is 2.21. The summed E-state index contributed by atoms with van der Waals surface area (Å²) in [6.07, 6.45) is 5.17. The number of nitrogens with zero attached hydrogens (tertiary/aromatic N) is 1. The van der Waals surface area contributed by atoms with Gasteiger partial charge in [-0.25, -0.2) is 0 Å². The minimum absolute atomic E-state index is 0.231. The van der Waals surface area contributed by atoms with Gasteiger partial charge in [0.1, 0.15) is 0 Å². The van der Waals surface area contributed by atoms with Gasteiger partial charge in [-0.15, -0.1) is 0 Å². The molecule has 1 saturated carbocycles. The summed E-state index contributed by atoms with van der Waals surface area (Å²) < 4.78 is 0. The van der Waals surface area contributed by atoms with Crippen molar-refractivity contribution in [2.24, 2.45) is 5.73 Å². The first kappa shape index (κ1) is 11.7. The number of hydrogen-bond donors (Lipinski definition) is 2. The molecule has 1 aliphatic carbocycles. The molecular formula is C11H22N2O. The molecule has 3 nitrogen and oxygen atoms in total. The molecule has 0 aliphatic heterocycles. The first-order chi connectivity index (χ1) is 6.77. The van der Waals surface area contributed by atoms with Crippen LogP contribution in [0.15, 0.2) is 12.2 Å². The summed E-state index contributed by atoms with van der Waals surface area (Å²) >= 11 is 0. The van der Waals surface area contributed by atoms with E-state index in [9.17, 15) is 0 Å². The SMILES string of the molecule is C=C(CN)CN(CCO)C1CCCC1. The fourth-order valence-corrected chi connectivity index (χ4v) is 2.14. The molecule has 0 aromatic carbocycles. The number of rotatable bonds is 6. The Bertz CT molecular complexity index is 176. The van der Waals surface area contributed by atoms with Crippen LogP contribution in [0.25, 0.3) is 0 Å². The first-order valence-electron chi connectivity index (χ1n) is 5.49. The normalized spacial score (nSPS) is 17.9. The molecule has 1 aliphatic rings. The van der Waals surface area contributed by atoms with E-state index in [4.69, 9.17) is 10.8 Å². The highest BCUT2D eigenvalue weighted by molar-refractivity contribution is 5.00. The average Bonchev–Trinajstić information content (AvgIpc) is 2.69. The molecule has 0 radical (unpaired) electrons. The van der Waals surface area contributed by atoms with Gasteiger partial charge in [-0.1, -0.05) is 19.4 Å². The Kier molecular flexibility index (Phi) is 5.15. The molecule has 0 saturated heterocycles. The summed E-state index contributed by atoms with van der Waals surface area (Å²) in [6.45, 7) is 6.30. The zero-order chi connectivity index (χ0) is 10.4. The van der Waals surface area contributed by atoms with Gasteiger partial charge in [-0.2, -0.15) is 0 Å². The van der Waals surface area contributed by atoms with Gasteiger partial charge in [-0.3, -0.25) is 4.90 Å². The predicted octanol–water partition coefficient (Wildman–Crippen LogP) is 0.738. The Morgan fingerprint density at radius 3 is 2.57 bits per heavy atom. The second-order valence-corrected chi connectivity index (χ2v) is 4.09. The average molecular weight is 198 g/mol. The Morgan fingerprint density at radius 2 is 2.07 bits per heavy atom. The molecule has 1 fully saturated rings. The lowest BCUT2D eigenvalue weighted by Gasteiger charge is -2.28. The quantitative estimate of drug-likeness (QED) is 0.619. The second kappa shape index (κ2) is 6.17. The van der Waals surface area contributed by atoms with Crippen molar-refractivity contribution in [2.75, 3.05) is 26.2 Å². The minimum Gasteiger partial charge on any atom is -0.395 e. The summed E-state index contributed by atoms with van der Waals surface area (Å²) in [7, 11) is 0. The molecule has 0 aromatic heterocycles. The molecular weight excluding hydrogens is 176 g/mol. The monoisotopic (exact) mass is 198 g/mol. The zero-order valence-corrected chi connectivity index (χ0v) is 8.91. The van der Waals surface area contributed by atoms with Gasteiger partial charge in [-0.05, 0) is 18.4 Å². The van der Waals surface area contributed by atoms with Crippen LogP contribution in [0.1, 0.15) is 25.7 Å². The van der Waals surface area contributed by atoms with E-state index in [-0.39, 0.29) is 6.61 Å². The summed E-state index contributed by atoms with van der Waals surface area (Å²) in [5.74, 6) is 0. The van der Waals surface area contributed by atoms with Crippen LogP contribution < -0.4 is 5.73 Å². The first-order valence-corrected chi connectivity index (χ1v) is 5.49. The standard InChI is InChI=1S/C11H22N2O/c1-10(8-12)9-13(6-7-14)11-4-2-3-5-11/h11,14H,1-9,12H2. The van der Waals surface area contributed by atoms with Crippen LogP contribution in [0.2, 0.25) is 0 Å². The van der Waals surface area contributed by atoms with Crippen LogP contribution in [-0.4, -0.2) is 42.3 Å². The highest BCUT2D eigenvalue weighted by atomic mass is 16.3. The van der Waals surface area contributed by atoms with Gasteiger partial charge < -0.3 is 10.8 Å². The van der Waals surface area contributed by atoms with Crippen LogP contribution in [0, 0.1) is 0 Å². The zero-order valence-electron chi connectivity index (χ0n) is 8.91. The van der Waals surface area contributed by atoms with Crippen LogP contribution >= 0.6 is 0 Å². The van der Waals surface area contributed by atoms with Crippen molar-refractivity contribution < 1.29 is 5.11 Å². The third-order valence-corrected chi connectivity index (χ3v) is 2.94. The Balaban J connectivity index is 2.40. The maximum absolute atomic E-state index is 8.98. The van der Waals surface area contributed by atoms with Crippen molar-refractivity contribution in [1.82, 2.24) is 4.90 Å². The molecule has 3 N–H and O–H groups in total. The minimum atomic E-state index is 0.231. The van der Waals surface area contributed by atoms with Gasteiger partial charge in [0.25, 0.3) is 0 Å². The van der Waals surface area contributed by atoms with E-state index in [0.717, 1.165) is 18.7 Å². The largest absolute Gasteiger partial charge is 0.395 e. The molecule has 82 valence electrons. The van der Waals surface area contributed by atoms with E-state index in [1.165, 1.54) is 25.7 Å². The highest BCUT2D eigenvalue weighted by Crippen LogP contribution is 2.23. The van der Waals surface area contributed by atoms with E-state index in [0.29, 0.717) is 12.6 Å². The van der Waals surface area contributed by atoms with Crippen molar-refractivity contribution in [2.45, 2.75) is 31.7 Å². The second-order valence-electron chi connectivity index (χ2n) is 4.09. The van der Waals surface area contributed by atoms with E-state index < -0.39 is 0 Å². The molecule has 0 heterocycles. The maximum atomic E-state index is 8.98. The van der Waals surface area contributed by atoms with Gasteiger partial charge in [0.2, 0.25) is 0 Å². The lowest BCUT2D eigenvalue weighted by molar-refractivity contribution is 0.162. The molecule has 0 bridgehead atoms. The Labute approximate surface area is 86.6 Å². The smallest absolute Gasteiger partial charge is 0.0558 e. The molecule has 3 heteroatoms. The van der Waals surface area contributed by atoms with Crippen LogP contribution in [0.3, 0.4) is 0 Å². The fraction of sp³-hybridized carbons (Fsp3) is 0.818. The third-order valence-electron chi connectivity index (χ3n) is 2.94. The van der Waals surface area contributed by atoms with Gasteiger partial charge in [0, 0.05) is 25.7 Å². The lowest BCUT2D eigenvalue weighted by atomic mass is 10.2. The van der Waals surface area contributed by atoms with Crippen LogP contribution in [-0.2, 0) is 0 Å². The van der Waals surface area contributed by atoms with Crippen molar-refractivity contribution in [3.8, 4) is 0 Å². The molecule has 0 amide bonds. The van der Waals surface area contributed by atoms with Crippen molar-refractivity contribution in [3.63, 3.8) is 0 Å². The number of hydrogen-bond acceptors (Lipinski definition) is 3. The number of aliphatic hydroxyl groups excluding tert-OH is 1. The molecule has 1 rings (SSSR count). The van der Waals surface area contributed by atoms with Crippen molar-refractivity contribution >= 4 is 0 Å². The maximum Gasteiger partial charge on any atom is 0.0558 e. The van der Waals surface area contributed by atoms with E-state index in [1.807, 2.05) is 0 Å². The van der Waals surface area contributed by atoms with Crippen LogP contribution in [0.4, 0.5) is 0 Å². The van der Waals surface area contributed by atoms with Gasteiger partial charge in [0.15, 0.2) is 0 Å². The van der Waals surface area contributed by atoms with Crippen molar-refractivity contribution in [1.29, 1.82) is 0 Å². The molecule has 14 heavy (non-hydrogen) atoms. The molecule has 0 aromatic rings. The molecule has 0 spiro atoms. The third kappa shape index (κ3) is 3.40. The van der Waals surface area contributed by atoms with Gasteiger partial charge >= 0.3 is 0 Å². The van der Waals surface area contributed by atoms with E-state index in [1.54, 1.807) is 0 Å². The summed E-state index contributed by atoms with van der Waals surface area (Å²) in [4.78, 5) is 2.32. The Morgan fingerprint density at radius 1 is 1.43 bits per heavy atom. The number of aliphatic hydroxyl groups is 1. The Hall–Kier alpha value is -0.380. The predicted molar refractivity (Wildman–Crippen MR) is 59.1 cm³/mol.